The highest BCUT2D eigenvalue weighted by Crippen LogP contribution is 2.38. The number of carbonyl (C=O) groups excluding carboxylic acids is 1. The molecule has 1 aromatic heterocycles. The Morgan fingerprint density at radius 2 is 1.56 bits per heavy atom. The quantitative estimate of drug-likeness (QED) is 0.194. The molecule has 2 heterocycles. The van der Waals surface area contributed by atoms with Gasteiger partial charge in [-0.25, -0.2) is 4.98 Å². The molecule has 45 heavy (non-hydrogen) atoms. The van der Waals surface area contributed by atoms with Crippen LogP contribution in [0.5, 0.6) is 0 Å². The first-order valence-corrected chi connectivity index (χ1v) is 15.3. The number of aromatic nitrogens is 2. The van der Waals surface area contributed by atoms with Crippen LogP contribution in [-0.4, -0.2) is 45.6 Å². The first kappa shape index (κ1) is 30.6. The maximum absolute atomic E-state index is 12.8. The minimum absolute atomic E-state index is 0.00476. The summed E-state index contributed by atoms with van der Waals surface area (Å²) < 4.78 is 13.1. The van der Waals surface area contributed by atoms with E-state index < -0.39 is 6.29 Å². The van der Waals surface area contributed by atoms with E-state index in [2.05, 4.69) is 58.4 Å². The fourth-order valence-corrected chi connectivity index (χ4v) is 5.63. The topological polar surface area (TPSA) is 96.8 Å². The smallest absolute Gasteiger partial charge is 0.271 e. The van der Waals surface area contributed by atoms with E-state index in [9.17, 15) is 9.90 Å². The van der Waals surface area contributed by atoms with Crippen LogP contribution < -0.4 is 5.32 Å². The molecular weight excluding hydrogens is 564 g/mol. The van der Waals surface area contributed by atoms with Crippen molar-refractivity contribution < 1.29 is 19.4 Å². The van der Waals surface area contributed by atoms with Crippen LogP contribution in [0.15, 0.2) is 109 Å². The third kappa shape index (κ3) is 7.44. The molecule has 0 spiro atoms. The lowest BCUT2D eigenvalue weighted by Gasteiger charge is -2.39. The summed E-state index contributed by atoms with van der Waals surface area (Å²) >= 11 is 0. The highest BCUT2D eigenvalue weighted by Gasteiger charge is 2.33. The van der Waals surface area contributed by atoms with Gasteiger partial charge in [-0.05, 0) is 48.4 Å². The molecule has 1 fully saturated rings. The summed E-state index contributed by atoms with van der Waals surface area (Å²) in [6.45, 7) is 3.31. The van der Waals surface area contributed by atoms with Crippen LogP contribution in [0.3, 0.4) is 0 Å². The van der Waals surface area contributed by atoms with Crippen LogP contribution in [-0.2, 0) is 22.6 Å². The summed E-state index contributed by atoms with van der Waals surface area (Å²) in [6.07, 6.45) is 1.43. The number of amides is 1. The second kappa shape index (κ2) is 14.1. The van der Waals surface area contributed by atoms with E-state index in [-0.39, 0.29) is 36.5 Å². The molecule has 1 aliphatic heterocycles. The molecule has 0 aliphatic carbocycles. The molecule has 4 unspecified atom stereocenters. The summed E-state index contributed by atoms with van der Waals surface area (Å²) in [4.78, 5) is 23.9. The average molecular weight is 603 g/mol. The molecule has 8 heteroatoms. The Morgan fingerprint density at radius 3 is 2.29 bits per heavy atom. The van der Waals surface area contributed by atoms with Crippen LogP contribution >= 0.6 is 0 Å². The van der Waals surface area contributed by atoms with Gasteiger partial charge in [0, 0.05) is 31.1 Å². The van der Waals surface area contributed by atoms with Crippen molar-refractivity contribution in [3.8, 4) is 0 Å². The van der Waals surface area contributed by atoms with Crippen molar-refractivity contribution in [2.24, 2.45) is 0 Å². The molecule has 4 atom stereocenters. The molecule has 4 aromatic carbocycles. The van der Waals surface area contributed by atoms with E-state index in [0.29, 0.717) is 18.5 Å². The number of nitrogens with one attached hydrogen (secondary N) is 1. The molecule has 1 amide bonds. The minimum Gasteiger partial charge on any atom is -0.392 e. The molecule has 5 aromatic rings. The van der Waals surface area contributed by atoms with Crippen molar-refractivity contribution in [1.82, 2.24) is 20.2 Å². The SMILES string of the molecule is CC(c1ccccc1)N(C)CC1CC(c2ccc(CO)cc2)OC(c2ccc(CNC(=O)c3cnc4ccccc4n3)cc2)O1. The van der Waals surface area contributed by atoms with E-state index in [4.69, 9.17) is 9.47 Å². The fourth-order valence-electron chi connectivity index (χ4n) is 5.63. The van der Waals surface area contributed by atoms with Gasteiger partial charge in [0.05, 0.1) is 36.0 Å². The number of para-hydroxylation sites is 2. The zero-order valence-corrected chi connectivity index (χ0v) is 25.5. The maximum Gasteiger partial charge on any atom is 0.271 e. The number of aliphatic hydroxyl groups excluding tert-OH is 1. The van der Waals surface area contributed by atoms with E-state index >= 15 is 0 Å². The van der Waals surface area contributed by atoms with Crippen molar-refractivity contribution in [3.63, 3.8) is 0 Å². The lowest BCUT2D eigenvalue weighted by atomic mass is 9.99. The normalized spacial score (nSPS) is 19.0. The number of hydrogen-bond donors (Lipinski definition) is 2. The highest BCUT2D eigenvalue weighted by atomic mass is 16.7. The second-order valence-electron chi connectivity index (χ2n) is 11.5. The summed E-state index contributed by atoms with van der Waals surface area (Å²) in [5.74, 6) is -0.275. The summed E-state index contributed by atoms with van der Waals surface area (Å²) in [5.41, 5.74) is 6.75. The maximum atomic E-state index is 12.8. The molecule has 2 N–H and O–H groups in total. The van der Waals surface area contributed by atoms with E-state index in [1.165, 1.54) is 11.8 Å². The number of carbonyl (C=O) groups is 1. The molecule has 1 aliphatic rings. The van der Waals surface area contributed by atoms with E-state index in [0.717, 1.165) is 34.3 Å². The van der Waals surface area contributed by atoms with Gasteiger partial charge in [-0.15, -0.1) is 0 Å². The van der Waals surface area contributed by atoms with Gasteiger partial charge in [0.2, 0.25) is 0 Å². The third-order valence-corrected chi connectivity index (χ3v) is 8.44. The van der Waals surface area contributed by atoms with Gasteiger partial charge in [-0.2, -0.15) is 0 Å². The molecule has 8 nitrogen and oxygen atoms in total. The Hall–Kier alpha value is -4.47. The molecule has 0 saturated carbocycles. The zero-order chi connectivity index (χ0) is 31.2. The number of benzene rings is 4. The lowest BCUT2D eigenvalue weighted by molar-refractivity contribution is -0.253. The van der Waals surface area contributed by atoms with Crippen LogP contribution in [0.25, 0.3) is 11.0 Å². The van der Waals surface area contributed by atoms with Crippen molar-refractivity contribution in [1.29, 1.82) is 0 Å². The summed E-state index contributed by atoms with van der Waals surface area (Å²) in [6, 6.07) is 34.1. The second-order valence-corrected chi connectivity index (χ2v) is 11.5. The van der Waals surface area contributed by atoms with Crippen molar-refractivity contribution in [2.75, 3.05) is 13.6 Å². The molecule has 6 rings (SSSR count). The molecule has 230 valence electrons. The predicted molar refractivity (Wildman–Crippen MR) is 173 cm³/mol. The number of rotatable bonds is 10. The molecule has 0 radical (unpaired) electrons. The van der Waals surface area contributed by atoms with Crippen LogP contribution in [0, 0.1) is 0 Å². The first-order chi connectivity index (χ1) is 22.0. The number of nitrogens with zero attached hydrogens (tertiary/aromatic N) is 3. The van der Waals surface area contributed by atoms with Gasteiger partial charge < -0.3 is 19.9 Å². The average Bonchev–Trinajstić information content (AvgIpc) is 3.10. The number of aliphatic hydroxyl groups is 1. The number of fused-ring (bicyclic) bond motifs is 1. The van der Waals surface area contributed by atoms with Gasteiger partial charge in [-0.1, -0.05) is 91.0 Å². The Balaban J connectivity index is 1.14. The van der Waals surface area contributed by atoms with Crippen molar-refractivity contribution in [3.05, 3.63) is 143 Å². The van der Waals surface area contributed by atoms with Gasteiger partial charge in [-0.3, -0.25) is 14.7 Å². The van der Waals surface area contributed by atoms with E-state index in [1.54, 1.807) is 0 Å². The third-order valence-electron chi connectivity index (χ3n) is 8.44. The van der Waals surface area contributed by atoms with Gasteiger partial charge in [0.1, 0.15) is 5.69 Å². The Kier molecular flexibility index (Phi) is 9.57. The Morgan fingerprint density at radius 1 is 0.889 bits per heavy atom. The van der Waals surface area contributed by atoms with Crippen LogP contribution in [0.4, 0.5) is 0 Å². The van der Waals surface area contributed by atoms with Crippen molar-refractivity contribution in [2.45, 2.75) is 51.0 Å². The summed E-state index contributed by atoms with van der Waals surface area (Å²) in [5, 5.41) is 12.5. The largest absolute Gasteiger partial charge is 0.392 e. The standard InChI is InChI=1S/C37H38N4O4/c1-25(28-8-4-3-5-9-28)41(2)23-31-20-35(29-16-14-27(24-42)15-17-29)45-37(44-31)30-18-12-26(13-19-30)21-39-36(43)34-22-38-32-10-6-7-11-33(32)40-34/h3-19,22,25,31,35,37,42H,20-21,23-24H2,1-2H3,(H,39,43). The van der Waals surface area contributed by atoms with Gasteiger partial charge in [0.25, 0.3) is 5.91 Å². The molecular formula is C37H38N4O4. The number of hydrogen-bond acceptors (Lipinski definition) is 7. The van der Waals surface area contributed by atoms with Gasteiger partial charge in [0.15, 0.2) is 6.29 Å². The minimum atomic E-state index is -0.553. The lowest BCUT2D eigenvalue weighted by Crippen LogP contribution is -2.38. The molecule has 0 bridgehead atoms. The monoisotopic (exact) mass is 602 g/mol. The zero-order valence-electron chi connectivity index (χ0n) is 25.5. The number of likely N-dealkylation sites (N-methyl/N-ethyl adjacent to an activating group) is 1. The Bertz CT molecular complexity index is 1710. The summed E-state index contributed by atoms with van der Waals surface area (Å²) in [7, 11) is 2.13. The van der Waals surface area contributed by atoms with Crippen LogP contribution in [0.2, 0.25) is 0 Å². The molecule has 1 saturated heterocycles. The van der Waals surface area contributed by atoms with Crippen molar-refractivity contribution >= 4 is 16.9 Å². The highest BCUT2D eigenvalue weighted by molar-refractivity contribution is 5.93. The fraction of sp³-hybridized carbons (Fsp3) is 0.270. The number of ether oxygens (including phenoxy) is 2. The Labute approximate surface area is 263 Å². The first-order valence-electron chi connectivity index (χ1n) is 15.3. The van der Waals surface area contributed by atoms with Gasteiger partial charge >= 0.3 is 0 Å². The predicted octanol–water partition coefficient (Wildman–Crippen LogP) is 6.29. The van der Waals surface area contributed by atoms with E-state index in [1.807, 2.05) is 78.9 Å². The van der Waals surface area contributed by atoms with Crippen LogP contribution in [0.1, 0.15) is 70.1 Å².